The van der Waals surface area contributed by atoms with Gasteiger partial charge >= 0.3 is 0 Å². The fourth-order valence-corrected chi connectivity index (χ4v) is 3.83. The van der Waals surface area contributed by atoms with Crippen LogP contribution in [-0.2, 0) is 0 Å². The highest BCUT2D eigenvalue weighted by atomic mass is 32.1. The lowest BCUT2D eigenvalue weighted by atomic mass is 9.98. The molecule has 0 aliphatic carbocycles. The second-order valence-electron chi connectivity index (χ2n) is 6.37. The van der Waals surface area contributed by atoms with E-state index in [0.29, 0.717) is 22.2 Å². The van der Waals surface area contributed by atoms with Crippen LogP contribution in [0.4, 0.5) is 5.13 Å². The van der Waals surface area contributed by atoms with E-state index in [2.05, 4.69) is 43.2 Å². The summed E-state index contributed by atoms with van der Waals surface area (Å²) in [5.41, 5.74) is 6.01. The van der Waals surface area contributed by atoms with E-state index in [4.69, 9.17) is 9.47 Å². The van der Waals surface area contributed by atoms with Gasteiger partial charge in [0, 0.05) is 22.6 Å². The standard InChI is InChI=1S/C21H22N2O3S/c1-12-6-13(2)19(14(3)7-12)18-11-27-21(22-18)23-20(24)15-8-16(25-4)10-17(9-15)26-5/h6-11H,1-5H3,(H,22,23,24). The van der Waals surface area contributed by atoms with Gasteiger partial charge in [0.25, 0.3) is 5.91 Å². The molecule has 2 aromatic carbocycles. The molecule has 0 fully saturated rings. The summed E-state index contributed by atoms with van der Waals surface area (Å²) in [5.74, 6) is 0.862. The normalized spacial score (nSPS) is 10.6. The van der Waals surface area contributed by atoms with Crippen LogP contribution >= 0.6 is 11.3 Å². The molecular weight excluding hydrogens is 360 g/mol. The molecule has 6 heteroatoms. The number of nitrogens with zero attached hydrogens (tertiary/aromatic N) is 1. The molecule has 3 aromatic rings. The quantitative estimate of drug-likeness (QED) is 0.674. The van der Waals surface area contributed by atoms with Crippen LogP contribution in [0.25, 0.3) is 11.3 Å². The number of nitrogens with one attached hydrogen (secondary N) is 1. The molecule has 0 atom stereocenters. The van der Waals surface area contributed by atoms with Gasteiger partial charge in [0.15, 0.2) is 5.13 Å². The van der Waals surface area contributed by atoms with Gasteiger partial charge in [-0.15, -0.1) is 11.3 Å². The highest BCUT2D eigenvalue weighted by molar-refractivity contribution is 7.14. The summed E-state index contributed by atoms with van der Waals surface area (Å²) in [6.45, 7) is 6.24. The minimum atomic E-state index is -0.259. The zero-order chi connectivity index (χ0) is 19.6. The van der Waals surface area contributed by atoms with Gasteiger partial charge in [-0.3, -0.25) is 10.1 Å². The van der Waals surface area contributed by atoms with E-state index in [0.717, 1.165) is 11.3 Å². The van der Waals surface area contributed by atoms with E-state index in [-0.39, 0.29) is 5.91 Å². The van der Waals surface area contributed by atoms with E-state index >= 15 is 0 Å². The van der Waals surface area contributed by atoms with Crippen molar-refractivity contribution in [3.63, 3.8) is 0 Å². The number of thiazole rings is 1. The number of benzene rings is 2. The van der Waals surface area contributed by atoms with Gasteiger partial charge in [-0.2, -0.15) is 0 Å². The summed E-state index contributed by atoms with van der Waals surface area (Å²) < 4.78 is 10.4. The van der Waals surface area contributed by atoms with Crippen LogP contribution < -0.4 is 14.8 Å². The number of amides is 1. The number of ether oxygens (including phenoxy) is 2. The first-order valence-electron chi connectivity index (χ1n) is 8.49. The van der Waals surface area contributed by atoms with Crippen molar-refractivity contribution in [2.24, 2.45) is 0 Å². The van der Waals surface area contributed by atoms with Gasteiger partial charge in [-0.25, -0.2) is 4.98 Å². The van der Waals surface area contributed by atoms with Crippen molar-refractivity contribution in [2.45, 2.75) is 20.8 Å². The van der Waals surface area contributed by atoms with Crippen molar-refractivity contribution in [1.82, 2.24) is 4.98 Å². The molecule has 0 aliphatic rings. The highest BCUT2D eigenvalue weighted by Gasteiger charge is 2.14. The van der Waals surface area contributed by atoms with Crippen molar-refractivity contribution in [3.8, 4) is 22.8 Å². The van der Waals surface area contributed by atoms with Crippen LogP contribution in [0.3, 0.4) is 0 Å². The average Bonchev–Trinajstić information content (AvgIpc) is 3.08. The van der Waals surface area contributed by atoms with Crippen molar-refractivity contribution in [1.29, 1.82) is 0 Å². The topological polar surface area (TPSA) is 60.5 Å². The third-order valence-electron chi connectivity index (χ3n) is 4.27. The summed E-state index contributed by atoms with van der Waals surface area (Å²) in [7, 11) is 3.10. The lowest BCUT2D eigenvalue weighted by molar-refractivity contribution is 0.102. The maximum absolute atomic E-state index is 12.6. The second-order valence-corrected chi connectivity index (χ2v) is 7.23. The smallest absolute Gasteiger partial charge is 0.257 e. The Morgan fingerprint density at radius 1 is 0.963 bits per heavy atom. The number of anilines is 1. The first kappa shape index (κ1) is 18.9. The molecule has 0 bridgehead atoms. The Labute approximate surface area is 163 Å². The first-order valence-corrected chi connectivity index (χ1v) is 9.37. The van der Waals surface area contributed by atoms with Crippen LogP contribution in [0, 0.1) is 20.8 Å². The van der Waals surface area contributed by atoms with E-state index in [9.17, 15) is 4.79 Å². The molecule has 1 amide bonds. The zero-order valence-electron chi connectivity index (χ0n) is 16.0. The van der Waals surface area contributed by atoms with Crippen LogP contribution in [0.2, 0.25) is 0 Å². The summed E-state index contributed by atoms with van der Waals surface area (Å²) in [6, 6.07) is 9.34. The Kier molecular flexibility index (Phi) is 5.46. The molecule has 140 valence electrons. The van der Waals surface area contributed by atoms with E-state index in [1.807, 2.05) is 5.38 Å². The van der Waals surface area contributed by atoms with Crippen LogP contribution in [-0.4, -0.2) is 25.1 Å². The number of carbonyl (C=O) groups excluding carboxylic acids is 1. The molecule has 27 heavy (non-hydrogen) atoms. The van der Waals surface area contributed by atoms with E-state index < -0.39 is 0 Å². The average molecular weight is 382 g/mol. The number of hydrogen-bond acceptors (Lipinski definition) is 5. The number of aryl methyl sites for hydroxylation is 3. The number of rotatable bonds is 5. The number of methoxy groups -OCH3 is 2. The highest BCUT2D eigenvalue weighted by Crippen LogP contribution is 2.31. The van der Waals surface area contributed by atoms with Crippen molar-refractivity contribution < 1.29 is 14.3 Å². The van der Waals surface area contributed by atoms with Gasteiger partial charge in [0.1, 0.15) is 11.5 Å². The van der Waals surface area contributed by atoms with Gasteiger partial charge < -0.3 is 9.47 Å². The fraction of sp³-hybridized carbons (Fsp3) is 0.238. The van der Waals surface area contributed by atoms with E-state index in [1.54, 1.807) is 32.4 Å². The molecule has 0 aliphatic heterocycles. The number of aromatic nitrogens is 1. The Bertz CT molecular complexity index is 950. The Balaban J connectivity index is 1.85. The lowest BCUT2D eigenvalue weighted by Crippen LogP contribution is -2.12. The van der Waals surface area contributed by atoms with Crippen molar-refractivity contribution in [2.75, 3.05) is 19.5 Å². The SMILES string of the molecule is COc1cc(OC)cc(C(=O)Nc2nc(-c3c(C)cc(C)cc3C)cs2)c1. The minimum absolute atomic E-state index is 0.259. The number of hydrogen-bond donors (Lipinski definition) is 1. The summed E-state index contributed by atoms with van der Waals surface area (Å²) in [6.07, 6.45) is 0. The summed E-state index contributed by atoms with van der Waals surface area (Å²) in [4.78, 5) is 17.2. The summed E-state index contributed by atoms with van der Waals surface area (Å²) >= 11 is 1.40. The molecule has 5 nitrogen and oxygen atoms in total. The molecule has 0 saturated heterocycles. The van der Waals surface area contributed by atoms with Crippen LogP contribution in [0.15, 0.2) is 35.7 Å². The molecule has 1 aromatic heterocycles. The maximum atomic E-state index is 12.6. The monoisotopic (exact) mass is 382 g/mol. The summed E-state index contributed by atoms with van der Waals surface area (Å²) in [5, 5.41) is 5.38. The van der Waals surface area contributed by atoms with Crippen LogP contribution in [0.1, 0.15) is 27.0 Å². The lowest BCUT2D eigenvalue weighted by Gasteiger charge is -2.09. The predicted molar refractivity (Wildman–Crippen MR) is 109 cm³/mol. The molecular formula is C21H22N2O3S. The van der Waals surface area contributed by atoms with Gasteiger partial charge in [0.05, 0.1) is 19.9 Å². The van der Waals surface area contributed by atoms with E-state index in [1.165, 1.54) is 28.0 Å². The Morgan fingerprint density at radius 2 is 1.56 bits per heavy atom. The molecule has 1 N–H and O–H groups in total. The predicted octanol–water partition coefficient (Wildman–Crippen LogP) is 5.00. The van der Waals surface area contributed by atoms with Gasteiger partial charge in [-0.05, 0) is 44.0 Å². The third-order valence-corrected chi connectivity index (χ3v) is 5.03. The van der Waals surface area contributed by atoms with Gasteiger partial charge in [-0.1, -0.05) is 17.7 Å². The molecule has 0 spiro atoms. The molecule has 0 saturated carbocycles. The van der Waals surface area contributed by atoms with Crippen molar-refractivity contribution in [3.05, 3.63) is 58.0 Å². The van der Waals surface area contributed by atoms with Gasteiger partial charge in [0.2, 0.25) is 0 Å². The third kappa shape index (κ3) is 4.11. The number of carbonyl (C=O) groups is 1. The molecule has 1 heterocycles. The van der Waals surface area contributed by atoms with Crippen molar-refractivity contribution >= 4 is 22.4 Å². The minimum Gasteiger partial charge on any atom is -0.497 e. The van der Waals surface area contributed by atoms with Crippen LogP contribution in [0.5, 0.6) is 11.5 Å². The zero-order valence-corrected chi connectivity index (χ0v) is 16.9. The molecule has 0 radical (unpaired) electrons. The largest absolute Gasteiger partial charge is 0.497 e. The Morgan fingerprint density at radius 3 is 2.11 bits per heavy atom. The maximum Gasteiger partial charge on any atom is 0.257 e. The molecule has 0 unspecified atom stereocenters. The molecule has 3 rings (SSSR count). The second kappa shape index (κ2) is 7.80. The Hall–Kier alpha value is -2.86. The first-order chi connectivity index (χ1) is 12.9. The fourth-order valence-electron chi connectivity index (χ4n) is 3.14.